The second-order valence-electron chi connectivity index (χ2n) is 5.76. The fourth-order valence-electron chi connectivity index (χ4n) is 2.45. The molecule has 0 atom stereocenters. The molecule has 3 aromatic rings. The van der Waals surface area contributed by atoms with Gasteiger partial charge in [0.15, 0.2) is 5.75 Å². The summed E-state index contributed by atoms with van der Waals surface area (Å²) in [6, 6.07) is 26.3. The monoisotopic (exact) mass is 374 g/mol. The van der Waals surface area contributed by atoms with Gasteiger partial charge in [-0.3, -0.25) is 4.79 Å². The summed E-state index contributed by atoms with van der Waals surface area (Å²) in [7, 11) is 0. The van der Waals surface area contributed by atoms with E-state index >= 15 is 0 Å². The number of benzene rings is 3. The summed E-state index contributed by atoms with van der Waals surface area (Å²) < 4.78 is 5.86. The normalized spacial score (nSPS) is 10.0. The Morgan fingerprint density at radius 1 is 1.00 bits per heavy atom. The predicted octanol–water partition coefficient (Wildman–Crippen LogP) is 5.22. The van der Waals surface area contributed by atoms with Crippen molar-refractivity contribution in [1.82, 2.24) is 0 Å². The van der Waals surface area contributed by atoms with Gasteiger partial charge in [-0.25, -0.2) is 0 Å². The Hall–Kier alpha value is -3.23. The summed E-state index contributed by atoms with van der Waals surface area (Å²) in [5, 5.41) is 11.8. The van der Waals surface area contributed by atoms with E-state index in [-0.39, 0.29) is 5.91 Å². The van der Waals surface area contributed by atoms with E-state index in [0.717, 1.165) is 5.56 Å². The Morgan fingerprint density at radius 2 is 1.78 bits per heavy atom. The van der Waals surface area contributed by atoms with Crippen LogP contribution in [0.5, 0.6) is 11.5 Å². The highest BCUT2D eigenvalue weighted by molar-refractivity contribution is 7.99. The molecule has 1 N–H and O–H groups in total. The topological polar surface area (TPSA) is 62.1 Å². The van der Waals surface area contributed by atoms with Gasteiger partial charge in [0, 0.05) is 5.75 Å². The van der Waals surface area contributed by atoms with Gasteiger partial charge in [-0.05, 0) is 42.0 Å². The van der Waals surface area contributed by atoms with Crippen molar-refractivity contribution < 1.29 is 9.53 Å². The molecular weight excluding hydrogens is 356 g/mol. The number of anilines is 1. The van der Waals surface area contributed by atoms with Crippen LogP contribution in [-0.4, -0.2) is 11.7 Å². The van der Waals surface area contributed by atoms with Gasteiger partial charge in [-0.1, -0.05) is 42.5 Å². The molecule has 4 nitrogen and oxygen atoms in total. The first kappa shape index (κ1) is 18.6. The molecule has 0 bridgehead atoms. The van der Waals surface area contributed by atoms with Gasteiger partial charge in [0.1, 0.15) is 5.75 Å². The number of thioether (sulfide) groups is 1. The highest BCUT2D eigenvalue weighted by atomic mass is 32.2. The zero-order chi connectivity index (χ0) is 18.9. The third kappa shape index (κ3) is 5.63. The maximum Gasteiger partial charge on any atom is 0.234 e. The molecule has 0 spiro atoms. The fourth-order valence-corrected chi connectivity index (χ4v) is 3.23. The molecule has 27 heavy (non-hydrogen) atoms. The lowest BCUT2D eigenvalue weighted by Gasteiger charge is -2.12. The van der Waals surface area contributed by atoms with Crippen LogP contribution in [0.3, 0.4) is 0 Å². The standard InChI is InChI=1S/C22H18N2O2S/c23-14-17-7-6-8-18(13-17)15-27-16-22(25)24-20-11-4-5-12-21(20)26-19-9-2-1-3-10-19/h1-13H,15-16H2,(H,24,25). The molecule has 0 aromatic heterocycles. The quantitative estimate of drug-likeness (QED) is 0.616. The molecule has 0 aliphatic heterocycles. The van der Waals surface area contributed by atoms with Crippen LogP contribution in [-0.2, 0) is 10.5 Å². The molecule has 1 amide bonds. The van der Waals surface area contributed by atoms with E-state index in [2.05, 4.69) is 11.4 Å². The van der Waals surface area contributed by atoms with Gasteiger partial charge in [-0.2, -0.15) is 5.26 Å². The van der Waals surface area contributed by atoms with Gasteiger partial charge in [0.25, 0.3) is 0 Å². The van der Waals surface area contributed by atoms with Crippen molar-refractivity contribution in [3.63, 3.8) is 0 Å². The molecule has 0 saturated heterocycles. The zero-order valence-electron chi connectivity index (χ0n) is 14.6. The van der Waals surface area contributed by atoms with Crippen LogP contribution in [0, 0.1) is 11.3 Å². The van der Waals surface area contributed by atoms with Gasteiger partial charge in [0.05, 0.1) is 23.1 Å². The first-order chi connectivity index (χ1) is 13.2. The molecule has 5 heteroatoms. The van der Waals surface area contributed by atoms with Crippen LogP contribution < -0.4 is 10.1 Å². The SMILES string of the molecule is N#Cc1cccc(CSCC(=O)Nc2ccccc2Oc2ccccc2)c1. The Labute approximate surface area is 162 Å². The van der Waals surface area contributed by atoms with Crippen LogP contribution in [0.15, 0.2) is 78.9 Å². The molecule has 0 aliphatic carbocycles. The van der Waals surface area contributed by atoms with E-state index in [9.17, 15) is 4.79 Å². The highest BCUT2D eigenvalue weighted by Crippen LogP contribution is 2.29. The van der Waals surface area contributed by atoms with Gasteiger partial charge >= 0.3 is 0 Å². The number of nitrogens with one attached hydrogen (secondary N) is 1. The number of carbonyl (C=O) groups excluding carboxylic acids is 1. The van der Waals surface area contributed by atoms with Crippen LogP contribution >= 0.6 is 11.8 Å². The highest BCUT2D eigenvalue weighted by Gasteiger charge is 2.09. The van der Waals surface area contributed by atoms with Crippen molar-refractivity contribution in [1.29, 1.82) is 5.26 Å². The van der Waals surface area contributed by atoms with Crippen molar-refractivity contribution in [2.45, 2.75) is 5.75 Å². The van der Waals surface area contributed by atoms with E-state index in [1.54, 1.807) is 6.07 Å². The molecule has 3 aromatic carbocycles. The van der Waals surface area contributed by atoms with Crippen molar-refractivity contribution in [3.05, 3.63) is 90.0 Å². The largest absolute Gasteiger partial charge is 0.455 e. The van der Waals surface area contributed by atoms with Gasteiger partial charge in [-0.15, -0.1) is 11.8 Å². The summed E-state index contributed by atoms with van der Waals surface area (Å²) in [4.78, 5) is 12.3. The van der Waals surface area contributed by atoms with Crippen molar-refractivity contribution in [2.24, 2.45) is 0 Å². The molecular formula is C22H18N2O2S. The summed E-state index contributed by atoms with van der Waals surface area (Å²) in [6.07, 6.45) is 0. The lowest BCUT2D eigenvalue weighted by molar-refractivity contribution is -0.113. The Balaban J connectivity index is 1.55. The summed E-state index contributed by atoms with van der Waals surface area (Å²) in [5.41, 5.74) is 2.29. The minimum absolute atomic E-state index is 0.0967. The summed E-state index contributed by atoms with van der Waals surface area (Å²) >= 11 is 1.50. The molecule has 3 rings (SSSR count). The fraction of sp³-hybridized carbons (Fsp3) is 0.0909. The number of amides is 1. The lowest BCUT2D eigenvalue weighted by atomic mass is 10.2. The molecule has 134 valence electrons. The van der Waals surface area contributed by atoms with Crippen LogP contribution in [0.1, 0.15) is 11.1 Å². The Kier molecular flexibility index (Phi) is 6.50. The van der Waals surface area contributed by atoms with E-state index in [1.165, 1.54) is 11.8 Å². The zero-order valence-corrected chi connectivity index (χ0v) is 15.4. The molecule has 0 saturated carbocycles. The number of carbonyl (C=O) groups is 1. The second-order valence-corrected chi connectivity index (χ2v) is 6.75. The van der Waals surface area contributed by atoms with E-state index < -0.39 is 0 Å². The molecule has 0 unspecified atom stereocenters. The molecule has 0 aliphatic rings. The number of para-hydroxylation sites is 3. The second kappa shape index (κ2) is 9.46. The minimum Gasteiger partial charge on any atom is -0.455 e. The number of hydrogen-bond acceptors (Lipinski definition) is 4. The molecule has 0 heterocycles. The Morgan fingerprint density at radius 3 is 2.59 bits per heavy atom. The molecule has 0 fully saturated rings. The van der Waals surface area contributed by atoms with Crippen LogP contribution in [0.2, 0.25) is 0 Å². The van der Waals surface area contributed by atoms with Crippen LogP contribution in [0.25, 0.3) is 0 Å². The van der Waals surface area contributed by atoms with Gasteiger partial charge in [0.2, 0.25) is 5.91 Å². The smallest absolute Gasteiger partial charge is 0.234 e. The van der Waals surface area contributed by atoms with Crippen LogP contribution in [0.4, 0.5) is 5.69 Å². The molecule has 0 radical (unpaired) electrons. The van der Waals surface area contributed by atoms with Crippen molar-refractivity contribution in [3.8, 4) is 17.6 Å². The lowest BCUT2D eigenvalue weighted by Crippen LogP contribution is -2.14. The summed E-state index contributed by atoms with van der Waals surface area (Å²) in [5.74, 6) is 2.21. The van der Waals surface area contributed by atoms with E-state index in [1.807, 2.05) is 72.8 Å². The number of hydrogen-bond donors (Lipinski definition) is 1. The number of nitrogens with zero attached hydrogens (tertiary/aromatic N) is 1. The third-order valence-electron chi connectivity index (χ3n) is 3.69. The van der Waals surface area contributed by atoms with E-state index in [4.69, 9.17) is 10.00 Å². The van der Waals surface area contributed by atoms with Crippen molar-refractivity contribution >= 4 is 23.4 Å². The average Bonchev–Trinajstić information content (AvgIpc) is 2.70. The van der Waals surface area contributed by atoms with E-state index in [0.29, 0.717) is 34.3 Å². The number of ether oxygens (including phenoxy) is 1. The number of rotatable bonds is 7. The van der Waals surface area contributed by atoms with Crippen molar-refractivity contribution in [2.75, 3.05) is 11.1 Å². The average molecular weight is 374 g/mol. The Bertz CT molecular complexity index is 952. The third-order valence-corrected chi connectivity index (χ3v) is 4.69. The first-order valence-electron chi connectivity index (χ1n) is 8.43. The number of nitriles is 1. The minimum atomic E-state index is -0.0967. The predicted molar refractivity (Wildman–Crippen MR) is 109 cm³/mol. The summed E-state index contributed by atoms with van der Waals surface area (Å²) in [6.45, 7) is 0. The van der Waals surface area contributed by atoms with Gasteiger partial charge < -0.3 is 10.1 Å². The first-order valence-corrected chi connectivity index (χ1v) is 9.58. The maximum absolute atomic E-state index is 12.3. The maximum atomic E-state index is 12.3.